The van der Waals surface area contributed by atoms with E-state index in [-0.39, 0.29) is 22.4 Å². The lowest BCUT2D eigenvalue weighted by molar-refractivity contribution is 0.0939. The number of amides is 1. The van der Waals surface area contributed by atoms with Crippen molar-refractivity contribution in [3.05, 3.63) is 65.2 Å². The minimum absolute atomic E-state index is 0.0347. The molecule has 0 aliphatic rings. The fourth-order valence-electron chi connectivity index (χ4n) is 2.15. The van der Waals surface area contributed by atoms with Crippen LogP contribution in [0, 0.1) is 6.92 Å². The van der Waals surface area contributed by atoms with Gasteiger partial charge in [-0.2, -0.15) is 0 Å². The highest BCUT2D eigenvalue weighted by atomic mass is 32.2. The summed E-state index contributed by atoms with van der Waals surface area (Å²) < 4.78 is 23.0. The minimum atomic E-state index is -3.85. The summed E-state index contributed by atoms with van der Waals surface area (Å²) in [4.78, 5) is 12.2. The minimum Gasteiger partial charge on any atom is -0.346 e. The van der Waals surface area contributed by atoms with Crippen LogP contribution in [0.1, 0.15) is 34.5 Å². The Balaban J connectivity index is 2.24. The first kappa shape index (κ1) is 16.2. The van der Waals surface area contributed by atoms with E-state index in [1.165, 1.54) is 6.07 Å². The Kier molecular flexibility index (Phi) is 4.63. The van der Waals surface area contributed by atoms with Gasteiger partial charge in [-0.3, -0.25) is 4.79 Å². The van der Waals surface area contributed by atoms with Crippen LogP contribution in [0.3, 0.4) is 0 Å². The number of sulfonamides is 1. The first-order valence-corrected chi connectivity index (χ1v) is 8.33. The predicted octanol–water partition coefficient (Wildman–Crippen LogP) is 2.13. The fraction of sp³-hybridized carbons (Fsp3) is 0.188. The van der Waals surface area contributed by atoms with Gasteiger partial charge < -0.3 is 5.32 Å². The molecule has 0 aliphatic heterocycles. The molecule has 0 bridgehead atoms. The normalized spacial score (nSPS) is 12.7. The van der Waals surface area contributed by atoms with Gasteiger partial charge in [-0.05, 0) is 37.1 Å². The molecule has 5 nitrogen and oxygen atoms in total. The largest absolute Gasteiger partial charge is 0.346 e. The van der Waals surface area contributed by atoms with Crippen LogP contribution in [-0.4, -0.2) is 14.3 Å². The molecule has 0 spiro atoms. The number of nitrogens with two attached hydrogens (primary N) is 1. The zero-order valence-electron chi connectivity index (χ0n) is 12.4. The summed E-state index contributed by atoms with van der Waals surface area (Å²) >= 11 is 0. The first-order valence-electron chi connectivity index (χ1n) is 6.78. The maximum Gasteiger partial charge on any atom is 0.251 e. The van der Waals surface area contributed by atoms with Gasteiger partial charge in [0, 0.05) is 5.56 Å². The van der Waals surface area contributed by atoms with E-state index >= 15 is 0 Å². The second-order valence-corrected chi connectivity index (χ2v) is 6.66. The Morgan fingerprint density at radius 1 is 1.14 bits per heavy atom. The molecule has 0 aliphatic carbocycles. The highest BCUT2D eigenvalue weighted by Gasteiger charge is 2.16. The summed E-state index contributed by atoms with van der Waals surface area (Å²) in [6.45, 7) is 3.50. The number of carbonyl (C=O) groups is 1. The van der Waals surface area contributed by atoms with Crippen molar-refractivity contribution in [3.63, 3.8) is 0 Å². The van der Waals surface area contributed by atoms with Gasteiger partial charge in [0.1, 0.15) is 0 Å². The Labute approximate surface area is 130 Å². The molecule has 0 saturated heterocycles. The summed E-state index contributed by atoms with van der Waals surface area (Å²) in [5.74, 6) is -0.346. The average Bonchev–Trinajstić information content (AvgIpc) is 2.47. The van der Waals surface area contributed by atoms with Crippen LogP contribution in [0.2, 0.25) is 0 Å². The van der Waals surface area contributed by atoms with Crippen molar-refractivity contribution >= 4 is 15.9 Å². The molecule has 0 aromatic heterocycles. The zero-order chi connectivity index (χ0) is 16.3. The van der Waals surface area contributed by atoms with Crippen LogP contribution in [0.4, 0.5) is 0 Å². The molecule has 2 rings (SSSR count). The molecule has 1 amide bonds. The third-order valence-corrected chi connectivity index (χ3v) is 4.46. The van der Waals surface area contributed by atoms with Crippen molar-refractivity contribution < 1.29 is 13.2 Å². The third-order valence-electron chi connectivity index (χ3n) is 3.40. The van der Waals surface area contributed by atoms with Gasteiger partial charge in [0.05, 0.1) is 10.9 Å². The maximum absolute atomic E-state index is 12.3. The average molecular weight is 318 g/mol. The van der Waals surface area contributed by atoms with Crippen LogP contribution in [0.5, 0.6) is 0 Å². The summed E-state index contributed by atoms with van der Waals surface area (Å²) in [7, 11) is -3.85. The van der Waals surface area contributed by atoms with E-state index in [9.17, 15) is 13.2 Å². The lowest BCUT2D eigenvalue weighted by Gasteiger charge is -2.15. The molecule has 2 aromatic carbocycles. The number of hydrogen-bond acceptors (Lipinski definition) is 3. The molecule has 6 heteroatoms. The number of aryl methyl sites for hydroxylation is 1. The van der Waals surface area contributed by atoms with E-state index in [4.69, 9.17) is 5.14 Å². The molecule has 22 heavy (non-hydrogen) atoms. The van der Waals surface area contributed by atoms with Crippen molar-refractivity contribution in [1.82, 2.24) is 5.32 Å². The van der Waals surface area contributed by atoms with Crippen LogP contribution < -0.4 is 10.5 Å². The lowest BCUT2D eigenvalue weighted by atomic mass is 10.1. The molecule has 0 unspecified atom stereocenters. The molecular weight excluding hydrogens is 300 g/mol. The summed E-state index contributed by atoms with van der Waals surface area (Å²) in [5, 5.41) is 8.00. The number of primary sulfonamides is 1. The number of benzene rings is 2. The highest BCUT2D eigenvalue weighted by Crippen LogP contribution is 2.17. The van der Waals surface area contributed by atoms with E-state index < -0.39 is 10.0 Å². The first-order chi connectivity index (χ1) is 10.3. The van der Waals surface area contributed by atoms with E-state index in [2.05, 4.69) is 5.32 Å². The molecule has 1 atom stereocenters. The quantitative estimate of drug-likeness (QED) is 0.905. The van der Waals surface area contributed by atoms with Crippen molar-refractivity contribution in [2.24, 2.45) is 5.14 Å². The van der Waals surface area contributed by atoms with E-state index in [0.29, 0.717) is 5.56 Å². The van der Waals surface area contributed by atoms with Gasteiger partial charge >= 0.3 is 0 Å². The number of nitrogens with one attached hydrogen (secondary N) is 1. The standard InChI is InChI=1S/C16H18N2O3S/c1-11-8-9-14(10-15(11)22(17,20)21)16(19)18-12(2)13-6-4-3-5-7-13/h3-10,12H,1-2H3,(H,18,19)(H2,17,20,21)/t12-/m0/s1. The smallest absolute Gasteiger partial charge is 0.251 e. The van der Waals surface area contributed by atoms with Crippen molar-refractivity contribution in [2.75, 3.05) is 0 Å². The SMILES string of the molecule is Cc1ccc(C(=O)N[C@@H](C)c2ccccc2)cc1S(N)(=O)=O. The van der Waals surface area contributed by atoms with Crippen molar-refractivity contribution in [1.29, 1.82) is 0 Å². The Hall–Kier alpha value is -2.18. The van der Waals surface area contributed by atoms with Crippen LogP contribution in [0.25, 0.3) is 0 Å². The Morgan fingerprint density at radius 2 is 1.77 bits per heavy atom. The van der Waals surface area contributed by atoms with E-state index in [0.717, 1.165) is 5.56 Å². The topological polar surface area (TPSA) is 89.3 Å². The molecule has 0 heterocycles. The van der Waals surface area contributed by atoms with Gasteiger partial charge in [-0.15, -0.1) is 0 Å². The molecule has 0 fully saturated rings. The van der Waals surface area contributed by atoms with Gasteiger partial charge in [0.25, 0.3) is 5.91 Å². The summed E-state index contributed by atoms with van der Waals surface area (Å²) in [6, 6.07) is 13.8. The molecule has 2 aromatic rings. The second-order valence-electron chi connectivity index (χ2n) is 5.13. The lowest BCUT2D eigenvalue weighted by Crippen LogP contribution is -2.27. The van der Waals surface area contributed by atoms with Gasteiger partial charge in [-0.1, -0.05) is 36.4 Å². The summed E-state index contributed by atoms with van der Waals surface area (Å²) in [5.41, 5.74) is 1.74. The monoisotopic (exact) mass is 318 g/mol. The molecule has 0 radical (unpaired) electrons. The second kappa shape index (κ2) is 6.29. The highest BCUT2D eigenvalue weighted by molar-refractivity contribution is 7.89. The van der Waals surface area contributed by atoms with Gasteiger partial charge in [0.15, 0.2) is 0 Å². The van der Waals surface area contributed by atoms with Crippen LogP contribution in [0.15, 0.2) is 53.4 Å². The summed E-state index contributed by atoms with van der Waals surface area (Å²) in [6.07, 6.45) is 0. The van der Waals surface area contributed by atoms with E-state index in [1.807, 2.05) is 37.3 Å². The van der Waals surface area contributed by atoms with E-state index in [1.54, 1.807) is 19.1 Å². The number of hydrogen-bond donors (Lipinski definition) is 2. The van der Waals surface area contributed by atoms with Crippen molar-refractivity contribution in [2.45, 2.75) is 24.8 Å². The molecule has 0 saturated carbocycles. The predicted molar refractivity (Wildman–Crippen MR) is 84.9 cm³/mol. The van der Waals surface area contributed by atoms with Crippen molar-refractivity contribution in [3.8, 4) is 0 Å². The fourth-order valence-corrected chi connectivity index (χ4v) is 2.96. The molecule has 3 N–H and O–H groups in total. The Bertz CT molecular complexity index is 786. The number of carbonyl (C=O) groups excluding carboxylic acids is 1. The Morgan fingerprint density at radius 3 is 2.36 bits per heavy atom. The van der Waals surface area contributed by atoms with Gasteiger partial charge in [0.2, 0.25) is 10.0 Å². The van der Waals surface area contributed by atoms with Crippen LogP contribution >= 0.6 is 0 Å². The maximum atomic E-state index is 12.3. The van der Waals surface area contributed by atoms with Crippen LogP contribution in [-0.2, 0) is 10.0 Å². The zero-order valence-corrected chi connectivity index (χ0v) is 13.2. The molecule has 116 valence electrons. The number of rotatable bonds is 4. The molecular formula is C16H18N2O3S. The third kappa shape index (κ3) is 3.72. The van der Waals surface area contributed by atoms with Gasteiger partial charge in [-0.25, -0.2) is 13.6 Å².